The SMILES string of the molecule is CCC1(C(=O)NC(C)c2cc(C)sc2C)CCCN1. The molecular weight excluding hydrogens is 256 g/mol. The summed E-state index contributed by atoms with van der Waals surface area (Å²) in [6, 6.07) is 2.27. The summed E-state index contributed by atoms with van der Waals surface area (Å²) in [6.45, 7) is 9.35. The molecule has 2 heterocycles. The number of thiophene rings is 1. The smallest absolute Gasteiger partial charge is 0.240 e. The summed E-state index contributed by atoms with van der Waals surface area (Å²) >= 11 is 1.79. The van der Waals surface area contributed by atoms with Gasteiger partial charge in [-0.2, -0.15) is 0 Å². The first-order valence-corrected chi connectivity index (χ1v) is 7.93. The molecule has 19 heavy (non-hydrogen) atoms. The number of amides is 1. The van der Waals surface area contributed by atoms with Crippen molar-refractivity contribution in [2.24, 2.45) is 0 Å². The lowest BCUT2D eigenvalue weighted by Crippen LogP contribution is -2.53. The molecule has 3 nitrogen and oxygen atoms in total. The minimum atomic E-state index is -0.340. The van der Waals surface area contributed by atoms with Crippen LogP contribution in [0.3, 0.4) is 0 Å². The Morgan fingerprint density at radius 2 is 2.32 bits per heavy atom. The van der Waals surface area contributed by atoms with Crippen LogP contribution in [-0.4, -0.2) is 18.0 Å². The molecule has 1 aromatic rings. The van der Waals surface area contributed by atoms with Gasteiger partial charge in [0.05, 0.1) is 11.6 Å². The van der Waals surface area contributed by atoms with E-state index >= 15 is 0 Å². The van der Waals surface area contributed by atoms with Gasteiger partial charge in [0.15, 0.2) is 0 Å². The second-order valence-corrected chi connectivity index (χ2v) is 6.99. The molecule has 0 aliphatic carbocycles. The molecule has 2 unspecified atom stereocenters. The Hall–Kier alpha value is -0.870. The molecule has 2 rings (SSSR count). The number of aryl methyl sites for hydroxylation is 2. The van der Waals surface area contributed by atoms with Gasteiger partial charge < -0.3 is 10.6 Å². The topological polar surface area (TPSA) is 41.1 Å². The molecule has 106 valence electrons. The van der Waals surface area contributed by atoms with Crippen molar-refractivity contribution in [2.45, 2.75) is 58.5 Å². The van der Waals surface area contributed by atoms with E-state index < -0.39 is 0 Å². The summed E-state index contributed by atoms with van der Waals surface area (Å²) < 4.78 is 0. The highest BCUT2D eigenvalue weighted by atomic mass is 32.1. The van der Waals surface area contributed by atoms with E-state index in [0.717, 1.165) is 25.8 Å². The summed E-state index contributed by atoms with van der Waals surface area (Å²) in [5.41, 5.74) is 0.910. The van der Waals surface area contributed by atoms with E-state index in [0.29, 0.717) is 0 Å². The normalized spacial score (nSPS) is 24.4. The second kappa shape index (κ2) is 5.63. The highest BCUT2D eigenvalue weighted by molar-refractivity contribution is 7.12. The van der Waals surface area contributed by atoms with Gasteiger partial charge in [-0.3, -0.25) is 4.79 Å². The number of nitrogens with one attached hydrogen (secondary N) is 2. The van der Waals surface area contributed by atoms with Crippen LogP contribution in [0.5, 0.6) is 0 Å². The predicted molar refractivity (Wildman–Crippen MR) is 80.6 cm³/mol. The van der Waals surface area contributed by atoms with Crippen LogP contribution in [0.25, 0.3) is 0 Å². The van der Waals surface area contributed by atoms with Gasteiger partial charge >= 0.3 is 0 Å². The molecule has 0 radical (unpaired) electrons. The Morgan fingerprint density at radius 3 is 2.79 bits per heavy atom. The molecular formula is C15H24N2OS. The van der Waals surface area contributed by atoms with Gasteiger partial charge in [0.1, 0.15) is 0 Å². The summed E-state index contributed by atoms with van der Waals surface area (Å²) in [4.78, 5) is 15.1. The van der Waals surface area contributed by atoms with Gasteiger partial charge in [0, 0.05) is 9.75 Å². The zero-order valence-corrected chi connectivity index (χ0v) is 13.1. The van der Waals surface area contributed by atoms with Gasteiger partial charge in [0.25, 0.3) is 0 Å². The maximum absolute atomic E-state index is 12.5. The van der Waals surface area contributed by atoms with Crippen LogP contribution in [0.4, 0.5) is 0 Å². The van der Waals surface area contributed by atoms with Crippen LogP contribution >= 0.6 is 11.3 Å². The largest absolute Gasteiger partial charge is 0.348 e. The van der Waals surface area contributed by atoms with E-state index in [1.54, 1.807) is 11.3 Å². The van der Waals surface area contributed by atoms with Crippen molar-refractivity contribution in [3.63, 3.8) is 0 Å². The predicted octanol–water partition coefficient (Wildman–Crippen LogP) is 3.07. The van der Waals surface area contributed by atoms with Crippen molar-refractivity contribution in [3.8, 4) is 0 Å². The van der Waals surface area contributed by atoms with Crippen LogP contribution in [-0.2, 0) is 4.79 Å². The Balaban J connectivity index is 2.08. The fourth-order valence-electron chi connectivity index (χ4n) is 2.96. The Kier molecular flexibility index (Phi) is 4.31. The lowest BCUT2D eigenvalue weighted by Gasteiger charge is -2.28. The lowest BCUT2D eigenvalue weighted by molar-refractivity contribution is -0.128. The molecule has 1 aromatic heterocycles. The van der Waals surface area contributed by atoms with Gasteiger partial charge in [-0.25, -0.2) is 0 Å². The number of hydrogen-bond donors (Lipinski definition) is 2. The first kappa shape index (κ1) is 14.5. The number of rotatable bonds is 4. The maximum atomic E-state index is 12.5. The average Bonchev–Trinajstić information content (AvgIpc) is 2.96. The summed E-state index contributed by atoms with van der Waals surface area (Å²) in [5, 5.41) is 6.58. The average molecular weight is 280 g/mol. The molecule has 1 aliphatic rings. The molecule has 1 aliphatic heterocycles. The highest BCUT2D eigenvalue weighted by Crippen LogP contribution is 2.28. The molecule has 1 saturated heterocycles. The standard InChI is InChI=1S/C15H24N2OS/c1-5-15(7-6-8-16-15)14(18)17-11(3)13-9-10(2)19-12(13)4/h9,11,16H,5-8H2,1-4H3,(H,17,18). The molecule has 1 fully saturated rings. The molecule has 0 spiro atoms. The Bertz CT molecular complexity index is 461. The lowest BCUT2D eigenvalue weighted by atomic mass is 9.92. The molecule has 2 N–H and O–H groups in total. The first-order chi connectivity index (χ1) is 8.98. The van der Waals surface area contributed by atoms with Crippen molar-refractivity contribution in [1.29, 1.82) is 0 Å². The number of hydrogen-bond acceptors (Lipinski definition) is 3. The van der Waals surface area contributed by atoms with Gasteiger partial charge in [-0.1, -0.05) is 6.92 Å². The third kappa shape index (κ3) is 2.84. The third-order valence-electron chi connectivity index (χ3n) is 4.18. The molecule has 4 heteroatoms. The monoisotopic (exact) mass is 280 g/mol. The molecule has 2 atom stereocenters. The number of carbonyl (C=O) groups excluding carboxylic acids is 1. The fourth-order valence-corrected chi connectivity index (χ4v) is 3.98. The maximum Gasteiger partial charge on any atom is 0.240 e. The quantitative estimate of drug-likeness (QED) is 0.890. The summed E-state index contributed by atoms with van der Waals surface area (Å²) in [5.74, 6) is 0.156. The third-order valence-corrected chi connectivity index (χ3v) is 5.16. The van der Waals surface area contributed by atoms with Gasteiger partial charge in [-0.15, -0.1) is 11.3 Å². The van der Waals surface area contributed by atoms with Crippen molar-refractivity contribution in [3.05, 3.63) is 21.4 Å². The first-order valence-electron chi connectivity index (χ1n) is 7.11. The van der Waals surface area contributed by atoms with Gasteiger partial charge in [-0.05, 0) is 58.2 Å². The Morgan fingerprint density at radius 1 is 1.58 bits per heavy atom. The minimum absolute atomic E-state index is 0.0864. The zero-order valence-electron chi connectivity index (χ0n) is 12.3. The van der Waals surface area contributed by atoms with E-state index in [1.165, 1.54) is 15.3 Å². The molecule has 0 saturated carbocycles. The fraction of sp³-hybridized carbons (Fsp3) is 0.667. The highest BCUT2D eigenvalue weighted by Gasteiger charge is 2.39. The van der Waals surface area contributed by atoms with Crippen molar-refractivity contribution in [2.75, 3.05) is 6.54 Å². The van der Waals surface area contributed by atoms with Crippen LogP contribution in [0.2, 0.25) is 0 Å². The molecule has 1 amide bonds. The van der Waals surface area contributed by atoms with E-state index in [2.05, 4.69) is 44.4 Å². The zero-order chi connectivity index (χ0) is 14.0. The molecule has 0 aromatic carbocycles. The minimum Gasteiger partial charge on any atom is -0.348 e. The van der Waals surface area contributed by atoms with E-state index in [9.17, 15) is 4.79 Å². The van der Waals surface area contributed by atoms with Crippen molar-refractivity contribution < 1.29 is 4.79 Å². The van der Waals surface area contributed by atoms with Crippen molar-refractivity contribution >= 4 is 17.2 Å². The van der Waals surface area contributed by atoms with Crippen molar-refractivity contribution in [1.82, 2.24) is 10.6 Å². The van der Waals surface area contributed by atoms with Crippen LogP contribution in [0.1, 0.15) is 54.5 Å². The van der Waals surface area contributed by atoms with E-state index in [1.807, 2.05) is 0 Å². The van der Waals surface area contributed by atoms with Gasteiger partial charge in [0.2, 0.25) is 5.91 Å². The summed E-state index contributed by atoms with van der Waals surface area (Å²) in [6.07, 6.45) is 2.89. The summed E-state index contributed by atoms with van der Waals surface area (Å²) in [7, 11) is 0. The second-order valence-electron chi connectivity index (χ2n) is 5.53. The van der Waals surface area contributed by atoms with E-state index in [4.69, 9.17) is 0 Å². The Labute approximate surface area is 119 Å². The number of carbonyl (C=O) groups is 1. The van der Waals surface area contributed by atoms with E-state index in [-0.39, 0.29) is 17.5 Å². The van der Waals surface area contributed by atoms with Crippen LogP contribution in [0, 0.1) is 13.8 Å². The van der Waals surface area contributed by atoms with Crippen LogP contribution in [0.15, 0.2) is 6.07 Å². The molecule has 0 bridgehead atoms. The van der Waals surface area contributed by atoms with Crippen LogP contribution < -0.4 is 10.6 Å².